The van der Waals surface area contributed by atoms with Crippen molar-refractivity contribution in [1.82, 2.24) is 5.48 Å². The fraction of sp³-hybridized carbons (Fsp3) is 0.667. The molecule has 0 bridgehead atoms. The molecule has 0 spiro atoms. The quantitative estimate of drug-likeness (QED) is 0.263. The van der Waals surface area contributed by atoms with E-state index in [-0.39, 0.29) is 29.4 Å². The largest absolute Gasteiger partial charge is 0.465 e. The minimum absolute atomic E-state index is 0.0160. The molecule has 3 atom stereocenters. The third-order valence-electron chi connectivity index (χ3n) is 3.41. The van der Waals surface area contributed by atoms with E-state index in [4.69, 9.17) is 9.88 Å². The van der Waals surface area contributed by atoms with E-state index < -0.39 is 5.97 Å². The molecule has 0 amide bonds. The molecule has 1 aliphatic carbocycles. The Kier molecular flexibility index (Phi) is 4.11. The first kappa shape index (κ1) is 13.2. The molecule has 0 aromatic heterocycles. The monoisotopic (exact) mass is 255 g/mol. The highest BCUT2D eigenvalue weighted by Gasteiger charge is 2.39. The highest BCUT2D eigenvalue weighted by atomic mass is 17.3. The van der Waals surface area contributed by atoms with Crippen LogP contribution in [-0.4, -0.2) is 31.0 Å². The minimum atomic E-state index is -0.593. The number of nitrogens with one attached hydrogen (secondary N) is 1. The van der Waals surface area contributed by atoms with Crippen LogP contribution in [0.25, 0.3) is 0 Å². The second-order valence-electron chi connectivity index (χ2n) is 4.58. The molecule has 0 aromatic rings. The van der Waals surface area contributed by atoms with Crippen molar-refractivity contribution in [2.45, 2.75) is 38.3 Å². The smallest absolute Gasteiger partial charge is 0.341 e. The average Bonchev–Trinajstić information content (AvgIpc) is 2.83. The fourth-order valence-electron chi connectivity index (χ4n) is 2.45. The van der Waals surface area contributed by atoms with Crippen LogP contribution in [-0.2, 0) is 24.2 Å². The highest BCUT2D eigenvalue weighted by Crippen LogP contribution is 2.31. The summed E-state index contributed by atoms with van der Waals surface area (Å²) in [6, 6.07) is -0.0160. The van der Waals surface area contributed by atoms with Crippen molar-refractivity contribution < 1.29 is 24.2 Å². The number of methoxy groups -OCH3 is 1. The Morgan fingerprint density at radius 1 is 1.39 bits per heavy atom. The Labute approximate surface area is 105 Å². The summed E-state index contributed by atoms with van der Waals surface area (Å²) in [5.41, 5.74) is 2.87. The summed E-state index contributed by atoms with van der Waals surface area (Å²) in [5.74, 6) is -0.850. The summed E-state index contributed by atoms with van der Waals surface area (Å²) in [6.45, 7) is 1.36. The topological polar surface area (TPSA) is 73.9 Å². The number of hydrogen-bond donors (Lipinski definition) is 1. The maximum Gasteiger partial charge on any atom is 0.341 e. The second-order valence-corrected chi connectivity index (χ2v) is 4.58. The van der Waals surface area contributed by atoms with Crippen LogP contribution in [0.1, 0.15) is 26.2 Å². The molecule has 2 aliphatic rings. The summed E-state index contributed by atoms with van der Waals surface area (Å²) >= 11 is 0. The van der Waals surface area contributed by atoms with E-state index in [0.717, 1.165) is 19.3 Å². The number of Topliss-reactive ketones (excluding diaryl/α,β-unsaturated/α-hetero) is 1. The van der Waals surface area contributed by atoms with Gasteiger partial charge in [-0.05, 0) is 25.7 Å². The first-order valence-electron chi connectivity index (χ1n) is 6.02. The zero-order chi connectivity index (χ0) is 13.1. The van der Waals surface area contributed by atoms with Gasteiger partial charge in [0.05, 0.1) is 18.7 Å². The van der Waals surface area contributed by atoms with E-state index in [0.29, 0.717) is 0 Å². The van der Waals surface area contributed by atoms with Gasteiger partial charge < -0.3 is 4.74 Å². The maximum atomic E-state index is 11.5. The van der Waals surface area contributed by atoms with Gasteiger partial charge in [0.1, 0.15) is 6.10 Å². The summed E-state index contributed by atoms with van der Waals surface area (Å²) in [6.07, 6.45) is 4.42. The van der Waals surface area contributed by atoms with Gasteiger partial charge in [-0.1, -0.05) is 12.5 Å². The van der Waals surface area contributed by atoms with Gasteiger partial charge in [0.15, 0.2) is 5.78 Å². The molecule has 3 unspecified atom stereocenters. The predicted octanol–water partition coefficient (Wildman–Crippen LogP) is 0.678. The summed E-state index contributed by atoms with van der Waals surface area (Å²) in [5, 5.41) is 0. The number of ether oxygens (including phenoxy) is 1. The molecule has 0 radical (unpaired) electrons. The minimum Gasteiger partial charge on any atom is -0.465 e. The van der Waals surface area contributed by atoms with Gasteiger partial charge in [-0.25, -0.2) is 9.68 Å². The van der Waals surface area contributed by atoms with Gasteiger partial charge in [-0.2, -0.15) is 5.48 Å². The molecule has 2 rings (SSSR count). The molecule has 6 heteroatoms. The van der Waals surface area contributed by atoms with Gasteiger partial charge in [0, 0.05) is 0 Å². The number of rotatable bonds is 3. The Bertz CT molecular complexity index is 379. The molecule has 1 aliphatic heterocycles. The SMILES string of the molecule is COC(=O)C(=CC1CCCC2OONC12)C(C)=O. The molecule has 1 N–H and O–H groups in total. The maximum absolute atomic E-state index is 11.5. The van der Waals surface area contributed by atoms with Crippen LogP contribution >= 0.6 is 0 Å². The summed E-state index contributed by atoms with van der Waals surface area (Å²) in [4.78, 5) is 32.8. The van der Waals surface area contributed by atoms with Gasteiger partial charge in [0.25, 0.3) is 0 Å². The molecule has 1 heterocycles. The van der Waals surface area contributed by atoms with Crippen LogP contribution in [0.2, 0.25) is 0 Å². The number of fused-ring (bicyclic) bond motifs is 1. The number of esters is 1. The van der Waals surface area contributed by atoms with Crippen molar-refractivity contribution in [2.24, 2.45) is 5.92 Å². The highest BCUT2D eigenvalue weighted by molar-refractivity contribution is 6.16. The lowest BCUT2D eigenvalue weighted by Crippen LogP contribution is -2.40. The van der Waals surface area contributed by atoms with Crippen LogP contribution in [0, 0.1) is 5.92 Å². The summed E-state index contributed by atoms with van der Waals surface area (Å²) in [7, 11) is 1.27. The molecular weight excluding hydrogens is 238 g/mol. The van der Waals surface area contributed by atoms with Crippen molar-refractivity contribution in [1.29, 1.82) is 0 Å². The zero-order valence-electron chi connectivity index (χ0n) is 10.5. The molecule has 2 fully saturated rings. The van der Waals surface area contributed by atoms with Crippen LogP contribution in [0.5, 0.6) is 0 Å². The third kappa shape index (κ3) is 2.60. The van der Waals surface area contributed by atoms with Crippen molar-refractivity contribution in [2.75, 3.05) is 7.11 Å². The van der Waals surface area contributed by atoms with Crippen LogP contribution in [0.3, 0.4) is 0 Å². The van der Waals surface area contributed by atoms with Gasteiger partial charge in [-0.15, -0.1) is 4.99 Å². The lowest BCUT2D eigenvalue weighted by molar-refractivity contribution is -0.307. The van der Waals surface area contributed by atoms with E-state index in [1.54, 1.807) is 6.08 Å². The molecule has 6 nitrogen and oxygen atoms in total. The first-order valence-corrected chi connectivity index (χ1v) is 6.02. The molecule has 0 aromatic carbocycles. The molecule has 100 valence electrons. The number of hydroxylamine groups is 1. The van der Waals surface area contributed by atoms with E-state index in [1.165, 1.54) is 14.0 Å². The van der Waals surface area contributed by atoms with Crippen LogP contribution in [0.15, 0.2) is 11.6 Å². The second kappa shape index (κ2) is 5.60. The zero-order valence-corrected chi connectivity index (χ0v) is 10.5. The number of carbonyl (C=O) groups excluding carboxylic acids is 2. The molecule has 1 saturated carbocycles. The molecule has 1 saturated heterocycles. The van der Waals surface area contributed by atoms with Crippen LogP contribution in [0.4, 0.5) is 0 Å². The van der Waals surface area contributed by atoms with Gasteiger partial charge in [-0.3, -0.25) is 4.79 Å². The van der Waals surface area contributed by atoms with Crippen molar-refractivity contribution in [3.8, 4) is 0 Å². The number of carbonyl (C=O) groups is 2. The van der Waals surface area contributed by atoms with E-state index in [2.05, 4.69) is 10.2 Å². The number of ketones is 1. The van der Waals surface area contributed by atoms with E-state index in [9.17, 15) is 9.59 Å². The van der Waals surface area contributed by atoms with Crippen molar-refractivity contribution >= 4 is 11.8 Å². The molecule has 18 heavy (non-hydrogen) atoms. The third-order valence-corrected chi connectivity index (χ3v) is 3.41. The Morgan fingerprint density at radius 3 is 2.83 bits per heavy atom. The van der Waals surface area contributed by atoms with E-state index in [1.807, 2.05) is 0 Å². The Balaban J connectivity index is 2.18. The molecular formula is C12H17NO5. The predicted molar refractivity (Wildman–Crippen MR) is 61.0 cm³/mol. The number of hydrogen-bond acceptors (Lipinski definition) is 6. The van der Waals surface area contributed by atoms with Crippen molar-refractivity contribution in [3.05, 3.63) is 11.6 Å². The fourth-order valence-corrected chi connectivity index (χ4v) is 2.45. The average molecular weight is 255 g/mol. The van der Waals surface area contributed by atoms with Gasteiger partial charge >= 0.3 is 5.97 Å². The van der Waals surface area contributed by atoms with Crippen LogP contribution < -0.4 is 5.48 Å². The lowest BCUT2D eigenvalue weighted by atomic mass is 9.81. The van der Waals surface area contributed by atoms with Crippen molar-refractivity contribution in [3.63, 3.8) is 0 Å². The Morgan fingerprint density at radius 2 is 2.17 bits per heavy atom. The summed E-state index contributed by atoms with van der Waals surface area (Å²) < 4.78 is 4.62. The Hall–Kier alpha value is -1.24. The lowest BCUT2D eigenvalue weighted by Gasteiger charge is -2.28. The van der Waals surface area contributed by atoms with Gasteiger partial charge in [0.2, 0.25) is 0 Å². The van der Waals surface area contributed by atoms with E-state index >= 15 is 0 Å². The standard InChI is InChI=1S/C12H17NO5/c1-7(14)9(12(15)16-2)6-8-4-3-5-10-11(8)13-18-17-10/h6,8,10-11,13H,3-5H2,1-2H3. The first-order chi connectivity index (χ1) is 8.63. The normalized spacial score (nSPS) is 31.9.